The number of halogens is 1. The number of aromatic nitrogens is 2. The number of aryl methyl sites for hydroxylation is 1. The molecule has 1 heterocycles. The summed E-state index contributed by atoms with van der Waals surface area (Å²) in [5, 5.41) is 0. The van der Waals surface area contributed by atoms with E-state index >= 15 is 0 Å². The summed E-state index contributed by atoms with van der Waals surface area (Å²) in [4.78, 5) is 24.9. The molecule has 0 N–H and O–H groups in total. The van der Waals surface area contributed by atoms with Gasteiger partial charge in [0.2, 0.25) is 0 Å². The Morgan fingerprint density at radius 1 is 1.04 bits per heavy atom. The second-order valence-electron chi connectivity index (χ2n) is 5.69. The zero-order valence-corrected chi connectivity index (χ0v) is 13.9. The second kappa shape index (κ2) is 6.76. The van der Waals surface area contributed by atoms with Crippen molar-refractivity contribution in [1.29, 1.82) is 0 Å². The first-order chi connectivity index (χ1) is 12.0. The molecule has 0 bridgehead atoms. The van der Waals surface area contributed by atoms with Crippen molar-refractivity contribution in [2.45, 2.75) is 13.5 Å². The Hall–Kier alpha value is -3.15. The minimum atomic E-state index is -0.723. The minimum Gasteiger partial charge on any atom is -0.497 e. The highest BCUT2D eigenvalue weighted by molar-refractivity contribution is 5.40. The van der Waals surface area contributed by atoms with Gasteiger partial charge in [-0.3, -0.25) is 14.2 Å². The van der Waals surface area contributed by atoms with Crippen LogP contribution in [-0.4, -0.2) is 16.2 Å². The molecule has 0 unspecified atom stereocenters. The molecule has 0 saturated carbocycles. The van der Waals surface area contributed by atoms with Crippen molar-refractivity contribution in [3.05, 3.63) is 92.5 Å². The number of methoxy groups -OCH3 is 1. The fourth-order valence-corrected chi connectivity index (χ4v) is 2.63. The topological polar surface area (TPSA) is 53.2 Å². The summed E-state index contributed by atoms with van der Waals surface area (Å²) >= 11 is 0. The fraction of sp³-hybridized carbons (Fsp3) is 0.158. The maximum absolute atomic E-state index is 13.5. The van der Waals surface area contributed by atoms with E-state index in [-0.39, 0.29) is 6.54 Å². The van der Waals surface area contributed by atoms with Crippen LogP contribution in [0, 0.1) is 12.7 Å². The molecule has 2 aromatic carbocycles. The maximum atomic E-state index is 13.5. The largest absolute Gasteiger partial charge is 0.497 e. The van der Waals surface area contributed by atoms with Gasteiger partial charge in [-0.1, -0.05) is 18.2 Å². The fourth-order valence-electron chi connectivity index (χ4n) is 2.63. The van der Waals surface area contributed by atoms with Gasteiger partial charge in [-0.2, -0.15) is 0 Å². The molecule has 3 aromatic rings. The number of rotatable bonds is 4. The van der Waals surface area contributed by atoms with Gasteiger partial charge in [0.25, 0.3) is 0 Å². The average molecular weight is 340 g/mol. The Bertz CT molecular complexity index is 1040. The van der Waals surface area contributed by atoms with Crippen molar-refractivity contribution in [3.63, 3.8) is 0 Å². The molecule has 1 aromatic heterocycles. The molecule has 5 nitrogen and oxygen atoms in total. The Kier molecular flexibility index (Phi) is 4.52. The van der Waals surface area contributed by atoms with Gasteiger partial charge < -0.3 is 9.30 Å². The highest BCUT2D eigenvalue weighted by atomic mass is 19.1. The van der Waals surface area contributed by atoms with E-state index < -0.39 is 16.9 Å². The van der Waals surface area contributed by atoms with Crippen LogP contribution in [-0.2, 0) is 6.54 Å². The third kappa shape index (κ3) is 3.38. The van der Waals surface area contributed by atoms with Crippen LogP contribution < -0.4 is 15.9 Å². The summed E-state index contributed by atoms with van der Waals surface area (Å²) in [6.45, 7) is 2.00. The zero-order chi connectivity index (χ0) is 18.0. The minimum absolute atomic E-state index is 0.244. The van der Waals surface area contributed by atoms with Crippen LogP contribution >= 0.6 is 0 Å². The van der Waals surface area contributed by atoms with Crippen LogP contribution in [0.25, 0.3) is 5.69 Å². The van der Waals surface area contributed by atoms with E-state index in [0.717, 1.165) is 5.56 Å². The summed E-state index contributed by atoms with van der Waals surface area (Å²) < 4.78 is 21.1. The lowest BCUT2D eigenvalue weighted by atomic mass is 10.2. The lowest BCUT2D eigenvalue weighted by Gasteiger charge is -2.11. The van der Waals surface area contributed by atoms with Gasteiger partial charge in [-0.25, -0.2) is 4.39 Å². The van der Waals surface area contributed by atoms with Gasteiger partial charge in [-0.05, 0) is 42.3 Å². The molecule has 3 rings (SSSR count). The van der Waals surface area contributed by atoms with E-state index in [1.165, 1.54) is 33.7 Å². The van der Waals surface area contributed by atoms with Crippen molar-refractivity contribution >= 4 is 0 Å². The summed E-state index contributed by atoms with van der Waals surface area (Å²) in [6, 6.07) is 11.4. The molecule has 0 amide bonds. The van der Waals surface area contributed by atoms with E-state index in [9.17, 15) is 14.0 Å². The molecule has 0 atom stereocenters. The molecule has 0 saturated heterocycles. The number of nitrogens with zero attached hydrogens (tertiary/aromatic N) is 2. The first kappa shape index (κ1) is 16.7. The van der Waals surface area contributed by atoms with Crippen molar-refractivity contribution in [1.82, 2.24) is 9.13 Å². The van der Waals surface area contributed by atoms with Crippen LogP contribution in [0.3, 0.4) is 0 Å². The van der Waals surface area contributed by atoms with Crippen LogP contribution in [0.1, 0.15) is 11.1 Å². The zero-order valence-electron chi connectivity index (χ0n) is 13.9. The van der Waals surface area contributed by atoms with Gasteiger partial charge in [0.05, 0.1) is 19.3 Å². The molecular formula is C19H17FN2O3. The average Bonchev–Trinajstić information content (AvgIpc) is 2.62. The number of benzene rings is 2. The molecule has 0 aliphatic carbocycles. The highest BCUT2D eigenvalue weighted by Crippen LogP contribution is 2.14. The van der Waals surface area contributed by atoms with Crippen molar-refractivity contribution in [2.24, 2.45) is 0 Å². The number of hydrogen-bond acceptors (Lipinski definition) is 3. The van der Waals surface area contributed by atoms with E-state index in [0.29, 0.717) is 17.0 Å². The molecule has 0 spiro atoms. The van der Waals surface area contributed by atoms with Gasteiger partial charge >= 0.3 is 11.1 Å². The number of hydrogen-bond donors (Lipinski definition) is 0. The van der Waals surface area contributed by atoms with Gasteiger partial charge in [0.1, 0.15) is 11.6 Å². The standard InChI is InChI=1S/C19H17FN2O3/c1-13-6-7-15(20)11-17(13)22-9-8-21(18(23)19(22)24)12-14-4-3-5-16(10-14)25-2/h3-11H,12H2,1-2H3. The highest BCUT2D eigenvalue weighted by Gasteiger charge is 2.10. The summed E-state index contributed by atoms with van der Waals surface area (Å²) in [6.07, 6.45) is 3.00. The SMILES string of the molecule is COc1cccc(Cn2ccn(-c3cc(F)ccc3C)c(=O)c2=O)c1. The van der Waals surface area contributed by atoms with Crippen LogP contribution in [0.5, 0.6) is 5.75 Å². The van der Waals surface area contributed by atoms with Crippen LogP contribution in [0.4, 0.5) is 4.39 Å². The molecule has 0 radical (unpaired) electrons. The molecule has 0 aliphatic heterocycles. The first-order valence-corrected chi connectivity index (χ1v) is 7.71. The Morgan fingerprint density at radius 2 is 1.84 bits per heavy atom. The lowest BCUT2D eigenvalue weighted by Crippen LogP contribution is -2.40. The first-order valence-electron chi connectivity index (χ1n) is 7.71. The lowest BCUT2D eigenvalue weighted by molar-refractivity contribution is 0.414. The Balaban J connectivity index is 2.02. The quantitative estimate of drug-likeness (QED) is 0.686. The van der Waals surface area contributed by atoms with Crippen molar-refractivity contribution < 1.29 is 9.13 Å². The van der Waals surface area contributed by atoms with Crippen molar-refractivity contribution in [3.8, 4) is 11.4 Å². The molecule has 0 aliphatic rings. The predicted octanol–water partition coefficient (Wildman–Crippen LogP) is 2.50. The predicted molar refractivity (Wildman–Crippen MR) is 93.1 cm³/mol. The maximum Gasteiger partial charge on any atom is 0.320 e. The normalized spacial score (nSPS) is 10.7. The Labute approximate surface area is 143 Å². The monoisotopic (exact) mass is 340 g/mol. The van der Waals surface area contributed by atoms with Gasteiger partial charge in [0.15, 0.2) is 0 Å². The molecule has 0 fully saturated rings. The van der Waals surface area contributed by atoms with Crippen molar-refractivity contribution in [2.75, 3.05) is 7.11 Å². The summed E-state index contributed by atoms with van der Waals surface area (Å²) in [5.41, 5.74) is 0.498. The molecular weight excluding hydrogens is 323 g/mol. The summed E-state index contributed by atoms with van der Waals surface area (Å²) in [7, 11) is 1.56. The Morgan fingerprint density at radius 3 is 2.60 bits per heavy atom. The third-order valence-corrected chi connectivity index (χ3v) is 3.98. The van der Waals surface area contributed by atoms with Gasteiger partial charge in [-0.15, -0.1) is 0 Å². The van der Waals surface area contributed by atoms with E-state index in [4.69, 9.17) is 4.74 Å². The second-order valence-corrected chi connectivity index (χ2v) is 5.69. The summed E-state index contributed by atoms with van der Waals surface area (Å²) in [5.74, 6) is 0.210. The van der Waals surface area contributed by atoms with E-state index in [1.54, 1.807) is 32.2 Å². The van der Waals surface area contributed by atoms with E-state index in [1.807, 2.05) is 12.1 Å². The molecule has 25 heavy (non-hydrogen) atoms. The number of ether oxygens (including phenoxy) is 1. The third-order valence-electron chi connectivity index (χ3n) is 3.98. The molecule has 6 heteroatoms. The van der Waals surface area contributed by atoms with Crippen LogP contribution in [0.15, 0.2) is 64.4 Å². The van der Waals surface area contributed by atoms with E-state index in [2.05, 4.69) is 0 Å². The molecule has 128 valence electrons. The van der Waals surface area contributed by atoms with Crippen LogP contribution in [0.2, 0.25) is 0 Å². The smallest absolute Gasteiger partial charge is 0.320 e. The van der Waals surface area contributed by atoms with Gasteiger partial charge in [0, 0.05) is 12.4 Å².